The molecule has 1 aliphatic heterocycles. The molecule has 0 bridgehead atoms. The van der Waals surface area contributed by atoms with Crippen LogP contribution in [0.5, 0.6) is 0 Å². The predicted octanol–water partition coefficient (Wildman–Crippen LogP) is 3.67. The molecule has 0 unspecified atom stereocenters. The lowest BCUT2D eigenvalue weighted by atomic mass is 10.0. The minimum atomic E-state index is -0.319. The minimum Gasteiger partial charge on any atom is -0.377 e. The first-order valence-corrected chi connectivity index (χ1v) is 9.02. The van der Waals surface area contributed by atoms with Crippen molar-refractivity contribution in [3.8, 4) is 0 Å². The van der Waals surface area contributed by atoms with Crippen molar-refractivity contribution in [1.82, 2.24) is 9.88 Å². The normalized spacial score (nSPS) is 16.0. The van der Waals surface area contributed by atoms with E-state index in [1.807, 2.05) is 30.5 Å². The molecule has 1 fully saturated rings. The number of rotatable bonds is 5. The first-order valence-electron chi connectivity index (χ1n) is 7.94. The van der Waals surface area contributed by atoms with Crippen LogP contribution in [-0.4, -0.2) is 33.9 Å². The van der Waals surface area contributed by atoms with E-state index in [4.69, 9.17) is 0 Å². The second-order valence-corrected chi connectivity index (χ2v) is 7.18. The lowest BCUT2D eigenvalue weighted by molar-refractivity contribution is -0.384. The van der Waals surface area contributed by atoms with Gasteiger partial charge in [-0.3, -0.25) is 20.0 Å². The minimum absolute atomic E-state index is 0.151. The number of halogens is 1. The fraction of sp³-hybridized carbons (Fsp3) is 0.353. The number of aromatic nitrogens is 1. The zero-order chi connectivity index (χ0) is 16.9. The molecule has 1 aromatic heterocycles. The monoisotopic (exact) mass is 438 g/mol. The lowest BCUT2D eigenvalue weighted by Gasteiger charge is -2.32. The van der Waals surface area contributed by atoms with Gasteiger partial charge >= 0.3 is 0 Å². The molecule has 7 heteroatoms. The number of nitro groups is 1. The summed E-state index contributed by atoms with van der Waals surface area (Å²) >= 11 is 2.09. The number of benzene rings is 1. The molecule has 1 saturated heterocycles. The van der Waals surface area contributed by atoms with Crippen LogP contribution in [0.25, 0.3) is 0 Å². The first-order chi connectivity index (χ1) is 11.6. The third kappa shape index (κ3) is 4.41. The summed E-state index contributed by atoms with van der Waals surface area (Å²) in [6.07, 6.45) is 3.76. The highest BCUT2D eigenvalue weighted by molar-refractivity contribution is 14.1. The number of nitrogens with zero attached hydrogens (tertiary/aromatic N) is 3. The zero-order valence-corrected chi connectivity index (χ0v) is 15.3. The molecule has 2 heterocycles. The molecule has 0 amide bonds. The molecule has 126 valence electrons. The van der Waals surface area contributed by atoms with E-state index in [0.29, 0.717) is 5.69 Å². The van der Waals surface area contributed by atoms with E-state index in [1.165, 1.54) is 0 Å². The Balaban J connectivity index is 1.57. The number of piperidine rings is 1. The fourth-order valence-electron chi connectivity index (χ4n) is 2.95. The number of nitro benzene ring substituents is 1. The Bertz CT molecular complexity index is 703. The molecule has 1 N–H and O–H groups in total. The summed E-state index contributed by atoms with van der Waals surface area (Å²) in [5.41, 5.74) is 1.85. The molecule has 1 aliphatic rings. The van der Waals surface area contributed by atoms with Gasteiger partial charge in [0.25, 0.3) is 5.69 Å². The van der Waals surface area contributed by atoms with Gasteiger partial charge in [-0.25, -0.2) is 0 Å². The second-order valence-electron chi connectivity index (χ2n) is 5.93. The van der Waals surface area contributed by atoms with Crippen molar-refractivity contribution in [3.05, 3.63) is 62.0 Å². The average molecular weight is 438 g/mol. The highest BCUT2D eigenvalue weighted by Gasteiger charge is 2.22. The van der Waals surface area contributed by atoms with Gasteiger partial charge in [0.1, 0.15) is 5.69 Å². The lowest BCUT2D eigenvalue weighted by Crippen LogP contribution is -2.38. The van der Waals surface area contributed by atoms with Crippen molar-refractivity contribution in [3.63, 3.8) is 0 Å². The van der Waals surface area contributed by atoms with Crippen LogP contribution in [0.3, 0.4) is 0 Å². The van der Waals surface area contributed by atoms with Gasteiger partial charge in [-0.2, -0.15) is 0 Å². The first kappa shape index (κ1) is 17.1. The second kappa shape index (κ2) is 7.89. The van der Waals surface area contributed by atoms with Crippen molar-refractivity contribution in [1.29, 1.82) is 0 Å². The van der Waals surface area contributed by atoms with Gasteiger partial charge in [-0.15, -0.1) is 0 Å². The average Bonchev–Trinajstić information content (AvgIpc) is 2.59. The number of hydrogen-bond acceptors (Lipinski definition) is 5. The van der Waals surface area contributed by atoms with Crippen molar-refractivity contribution < 1.29 is 4.92 Å². The van der Waals surface area contributed by atoms with E-state index in [9.17, 15) is 10.1 Å². The Labute approximate surface area is 154 Å². The van der Waals surface area contributed by atoms with E-state index in [2.05, 4.69) is 37.8 Å². The van der Waals surface area contributed by atoms with Crippen molar-refractivity contribution in [2.24, 2.45) is 0 Å². The zero-order valence-electron chi connectivity index (χ0n) is 13.2. The Morgan fingerprint density at radius 3 is 2.75 bits per heavy atom. The third-order valence-corrected chi connectivity index (χ3v) is 4.89. The van der Waals surface area contributed by atoms with Gasteiger partial charge in [0.05, 0.1) is 10.6 Å². The van der Waals surface area contributed by atoms with Crippen LogP contribution in [0.2, 0.25) is 0 Å². The fourth-order valence-corrected chi connectivity index (χ4v) is 3.43. The Kier molecular flexibility index (Phi) is 5.62. The van der Waals surface area contributed by atoms with Gasteiger partial charge in [0.2, 0.25) is 0 Å². The standard InChI is InChI=1S/C17H19IN4O2/c18-13-4-5-16(17(11-13)22(23)24)20-14-6-9-21(10-7-14)12-15-3-1-2-8-19-15/h1-5,8,11,14,20H,6-7,9-10,12H2. The third-order valence-electron chi connectivity index (χ3n) is 4.22. The van der Waals surface area contributed by atoms with Crippen molar-refractivity contribution in [2.75, 3.05) is 18.4 Å². The smallest absolute Gasteiger partial charge is 0.293 e. The van der Waals surface area contributed by atoms with Gasteiger partial charge < -0.3 is 5.32 Å². The van der Waals surface area contributed by atoms with E-state index in [-0.39, 0.29) is 16.7 Å². The van der Waals surface area contributed by atoms with E-state index < -0.39 is 0 Å². The highest BCUT2D eigenvalue weighted by Crippen LogP contribution is 2.28. The summed E-state index contributed by atoms with van der Waals surface area (Å²) in [6.45, 7) is 2.79. The quantitative estimate of drug-likeness (QED) is 0.438. The summed E-state index contributed by atoms with van der Waals surface area (Å²) in [7, 11) is 0. The number of pyridine rings is 1. The summed E-state index contributed by atoms with van der Waals surface area (Å²) in [5.74, 6) is 0. The van der Waals surface area contributed by atoms with Crippen LogP contribution in [0.15, 0.2) is 42.6 Å². The maximum Gasteiger partial charge on any atom is 0.293 e. The van der Waals surface area contributed by atoms with Crippen molar-refractivity contribution in [2.45, 2.75) is 25.4 Å². The number of nitrogens with one attached hydrogen (secondary N) is 1. The van der Waals surface area contributed by atoms with Crippen LogP contribution in [-0.2, 0) is 6.54 Å². The van der Waals surface area contributed by atoms with Gasteiger partial charge in [-0.05, 0) is 59.7 Å². The molecule has 0 radical (unpaired) electrons. The maximum atomic E-state index is 11.2. The Morgan fingerprint density at radius 1 is 1.29 bits per heavy atom. The molecule has 0 spiro atoms. The molecule has 6 nitrogen and oxygen atoms in total. The maximum absolute atomic E-state index is 11.2. The van der Waals surface area contributed by atoms with Crippen LogP contribution in [0.4, 0.5) is 11.4 Å². The van der Waals surface area contributed by atoms with Gasteiger partial charge in [0, 0.05) is 41.5 Å². The summed E-state index contributed by atoms with van der Waals surface area (Å²) in [4.78, 5) is 17.6. The molecule has 24 heavy (non-hydrogen) atoms. The van der Waals surface area contributed by atoms with Gasteiger partial charge in [-0.1, -0.05) is 6.07 Å². The summed E-state index contributed by atoms with van der Waals surface area (Å²) in [6, 6.07) is 11.5. The summed E-state index contributed by atoms with van der Waals surface area (Å²) in [5, 5.41) is 14.6. The Hall–Kier alpha value is -1.74. The number of likely N-dealkylation sites (tertiary alicyclic amines) is 1. The molecule has 1 aromatic carbocycles. The number of hydrogen-bond donors (Lipinski definition) is 1. The molecule has 0 saturated carbocycles. The van der Waals surface area contributed by atoms with Crippen LogP contribution < -0.4 is 5.32 Å². The highest BCUT2D eigenvalue weighted by atomic mass is 127. The molecular weight excluding hydrogens is 419 g/mol. The molecular formula is C17H19IN4O2. The van der Waals surface area contributed by atoms with Gasteiger partial charge in [0.15, 0.2) is 0 Å². The van der Waals surface area contributed by atoms with Crippen molar-refractivity contribution >= 4 is 34.0 Å². The number of anilines is 1. The molecule has 0 atom stereocenters. The largest absolute Gasteiger partial charge is 0.377 e. The molecule has 3 rings (SSSR count). The van der Waals surface area contributed by atoms with Crippen LogP contribution >= 0.6 is 22.6 Å². The SMILES string of the molecule is O=[N+]([O-])c1cc(I)ccc1NC1CCN(Cc2ccccn2)CC1. The molecule has 0 aliphatic carbocycles. The van der Waals surface area contributed by atoms with E-state index in [1.54, 1.807) is 12.1 Å². The summed E-state index contributed by atoms with van der Waals surface area (Å²) < 4.78 is 0.870. The van der Waals surface area contributed by atoms with E-state index >= 15 is 0 Å². The molecule has 2 aromatic rings. The topological polar surface area (TPSA) is 71.3 Å². The van der Waals surface area contributed by atoms with Crippen LogP contribution in [0, 0.1) is 13.7 Å². The Morgan fingerprint density at radius 2 is 2.08 bits per heavy atom. The van der Waals surface area contributed by atoms with E-state index in [0.717, 1.165) is 41.7 Å². The van der Waals surface area contributed by atoms with Crippen LogP contribution in [0.1, 0.15) is 18.5 Å². The predicted molar refractivity (Wildman–Crippen MR) is 102 cm³/mol.